The van der Waals surface area contributed by atoms with Crippen LogP contribution in [-0.2, 0) is 17.9 Å². The van der Waals surface area contributed by atoms with E-state index in [1.54, 1.807) is 0 Å². The van der Waals surface area contributed by atoms with Crippen molar-refractivity contribution in [3.8, 4) is 0 Å². The lowest BCUT2D eigenvalue weighted by Crippen LogP contribution is -2.10. The molecule has 1 aliphatic rings. The summed E-state index contributed by atoms with van der Waals surface area (Å²) >= 11 is 0. The summed E-state index contributed by atoms with van der Waals surface area (Å²) in [6.07, 6.45) is 5.54. The van der Waals surface area contributed by atoms with Crippen molar-refractivity contribution in [3.63, 3.8) is 0 Å². The Hall–Kier alpha value is -2.09. The van der Waals surface area contributed by atoms with E-state index in [-0.39, 0.29) is 0 Å². The lowest BCUT2D eigenvalue weighted by Gasteiger charge is -2.21. The molecule has 0 spiro atoms. The summed E-state index contributed by atoms with van der Waals surface area (Å²) in [7, 11) is 0. The summed E-state index contributed by atoms with van der Waals surface area (Å²) < 4.78 is 0. The maximum absolute atomic E-state index is 5.41. The maximum atomic E-state index is 5.41. The molecule has 0 saturated carbocycles. The first-order valence-electron chi connectivity index (χ1n) is 7.20. The molecule has 2 nitrogen and oxygen atoms in total. The SMILES string of the molecule is C(=N\OCc1ccccc1)/C1CCCc2ccccc21. The zero-order chi connectivity index (χ0) is 13.6. The lowest BCUT2D eigenvalue weighted by atomic mass is 9.84. The van der Waals surface area contributed by atoms with Crippen LogP contribution >= 0.6 is 0 Å². The summed E-state index contributed by atoms with van der Waals surface area (Å²) in [6, 6.07) is 18.8. The smallest absolute Gasteiger partial charge is 0.142 e. The highest BCUT2D eigenvalue weighted by atomic mass is 16.6. The van der Waals surface area contributed by atoms with Gasteiger partial charge >= 0.3 is 0 Å². The highest BCUT2D eigenvalue weighted by Crippen LogP contribution is 2.29. The highest BCUT2D eigenvalue weighted by molar-refractivity contribution is 5.68. The molecule has 102 valence electrons. The molecule has 2 heteroatoms. The Morgan fingerprint density at radius 1 is 1.05 bits per heavy atom. The van der Waals surface area contributed by atoms with Gasteiger partial charge in [-0.3, -0.25) is 0 Å². The van der Waals surface area contributed by atoms with Crippen molar-refractivity contribution in [1.82, 2.24) is 0 Å². The molecule has 2 aromatic rings. The van der Waals surface area contributed by atoms with Gasteiger partial charge in [-0.2, -0.15) is 0 Å². The third-order valence-corrected chi connectivity index (χ3v) is 3.81. The Labute approximate surface area is 120 Å². The first-order chi connectivity index (χ1) is 9.93. The molecule has 0 heterocycles. The van der Waals surface area contributed by atoms with Crippen LogP contribution in [0.25, 0.3) is 0 Å². The van der Waals surface area contributed by atoms with E-state index in [1.165, 1.54) is 24.0 Å². The molecule has 20 heavy (non-hydrogen) atoms. The quantitative estimate of drug-likeness (QED) is 0.596. The van der Waals surface area contributed by atoms with Gasteiger partial charge in [-0.1, -0.05) is 59.8 Å². The predicted octanol–water partition coefficient (Wildman–Crippen LogP) is 4.31. The fraction of sp³-hybridized carbons (Fsp3) is 0.278. The number of aryl methyl sites for hydroxylation is 1. The minimum atomic E-state index is 0.399. The van der Waals surface area contributed by atoms with Crippen LogP contribution in [0.5, 0.6) is 0 Å². The first-order valence-corrected chi connectivity index (χ1v) is 7.20. The Morgan fingerprint density at radius 2 is 1.85 bits per heavy atom. The van der Waals surface area contributed by atoms with Crippen molar-refractivity contribution in [2.75, 3.05) is 0 Å². The molecule has 0 fully saturated rings. The van der Waals surface area contributed by atoms with Crippen LogP contribution in [0.3, 0.4) is 0 Å². The second kappa shape index (κ2) is 6.38. The maximum Gasteiger partial charge on any atom is 0.142 e. The van der Waals surface area contributed by atoms with Crippen molar-refractivity contribution in [2.45, 2.75) is 31.8 Å². The molecule has 0 N–H and O–H groups in total. The molecule has 1 atom stereocenters. The molecule has 0 radical (unpaired) electrons. The Balaban J connectivity index is 1.60. The van der Waals surface area contributed by atoms with Crippen LogP contribution in [0.4, 0.5) is 0 Å². The number of benzene rings is 2. The van der Waals surface area contributed by atoms with Gasteiger partial charge in [0, 0.05) is 5.92 Å². The number of hydrogen-bond acceptors (Lipinski definition) is 2. The molecular formula is C18H19NO. The third kappa shape index (κ3) is 3.08. The van der Waals surface area contributed by atoms with Gasteiger partial charge in [0.1, 0.15) is 6.61 Å². The van der Waals surface area contributed by atoms with Gasteiger partial charge in [0.25, 0.3) is 0 Å². The van der Waals surface area contributed by atoms with E-state index in [9.17, 15) is 0 Å². The first kappa shape index (κ1) is 12.9. The van der Waals surface area contributed by atoms with Crippen molar-refractivity contribution < 1.29 is 4.84 Å². The van der Waals surface area contributed by atoms with Crippen molar-refractivity contribution in [2.24, 2.45) is 5.16 Å². The second-order valence-electron chi connectivity index (χ2n) is 5.21. The molecule has 0 amide bonds. The van der Waals surface area contributed by atoms with Gasteiger partial charge in [-0.25, -0.2) is 0 Å². The third-order valence-electron chi connectivity index (χ3n) is 3.81. The Kier molecular flexibility index (Phi) is 4.12. The van der Waals surface area contributed by atoms with Crippen LogP contribution in [0, 0.1) is 0 Å². The van der Waals surface area contributed by atoms with Crippen LogP contribution < -0.4 is 0 Å². The Bertz CT molecular complexity index is 577. The zero-order valence-electron chi connectivity index (χ0n) is 11.5. The molecule has 0 aliphatic heterocycles. The molecule has 2 aromatic carbocycles. The number of rotatable bonds is 4. The largest absolute Gasteiger partial charge is 0.391 e. The van der Waals surface area contributed by atoms with Gasteiger partial charge in [0.15, 0.2) is 0 Å². The van der Waals surface area contributed by atoms with E-state index in [0.29, 0.717) is 12.5 Å². The number of hydrogen-bond donors (Lipinski definition) is 0. The molecule has 3 rings (SSSR count). The summed E-state index contributed by atoms with van der Waals surface area (Å²) in [6.45, 7) is 0.533. The minimum Gasteiger partial charge on any atom is -0.391 e. The van der Waals surface area contributed by atoms with Crippen LogP contribution in [0.15, 0.2) is 59.8 Å². The fourth-order valence-corrected chi connectivity index (χ4v) is 2.75. The van der Waals surface area contributed by atoms with Gasteiger partial charge in [0.05, 0.1) is 6.21 Å². The zero-order valence-corrected chi connectivity index (χ0v) is 11.5. The van der Waals surface area contributed by atoms with E-state index in [0.717, 1.165) is 12.0 Å². The summed E-state index contributed by atoms with van der Waals surface area (Å²) in [5.41, 5.74) is 4.01. The summed E-state index contributed by atoms with van der Waals surface area (Å²) in [5, 5.41) is 4.16. The van der Waals surface area contributed by atoms with Gasteiger partial charge < -0.3 is 4.84 Å². The fourth-order valence-electron chi connectivity index (χ4n) is 2.75. The Morgan fingerprint density at radius 3 is 2.75 bits per heavy atom. The minimum absolute atomic E-state index is 0.399. The normalized spacial score (nSPS) is 17.9. The molecule has 0 bridgehead atoms. The second-order valence-corrected chi connectivity index (χ2v) is 5.21. The molecule has 0 saturated heterocycles. The highest BCUT2D eigenvalue weighted by Gasteiger charge is 2.17. The van der Waals surface area contributed by atoms with E-state index < -0.39 is 0 Å². The van der Waals surface area contributed by atoms with E-state index in [1.807, 2.05) is 36.5 Å². The van der Waals surface area contributed by atoms with Gasteiger partial charge in [0.2, 0.25) is 0 Å². The van der Waals surface area contributed by atoms with Gasteiger partial charge in [-0.05, 0) is 36.0 Å². The van der Waals surface area contributed by atoms with Gasteiger partial charge in [-0.15, -0.1) is 0 Å². The average Bonchev–Trinajstić information content (AvgIpc) is 2.53. The van der Waals surface area contributed by atoms with E-state index in [2.05, 4.69) is 29.4 Å². The molecule has 1 aliphatic carbocycles. The predicted molar refractivity (Wildman–Crippen MR) is 81.8 cm³/mol. The van der Waals surface area contributed by atoms with Crippen LogP contribution in [-0.4, -0.2) is 6.21 Å². The monoisotopic (exact) mass is 265 g/mol. The van der Waals surface area contributed by atoms with E-state index in [4.69, 9.17) is 4.84 Å². The molecular weight excluding hydrogens is 246 g/mol. The standard InChI is InChI=1S/C18H19NO/c1-2-7-15(8-3-1)14-20-19-13-17-11-6-10-16-9-4-5-12-18(16)17/h1-5,7-9,12-13,17H,6,10-11,14H2/b19-13+. The van der Waals surface area contributed by atoms with E-state index >= 15 is 0 Å². The van der Waals surface area contributed by atoms with Crippen molar-refractivity contribution >= 4 is 6.21 Å². The lowest BCUT2D eigenvalue weighted by molar-refractivity contribution is 0.131. The average molecular weight is 265 g/mol. The number of fused-ring (bicyclic) bond motifs is 1. The topological polar surface area (TPSA) is 21.6 Å². The number of nitrogens with zero attached hydrogens (tertiary/aromatic N) is 1. The number of oxime groups is 1. The van der Waals surface area contributed by atoms with Crippen molar-refractivity contribution in [1.29, 1.82) is 0 Å². The van der Waals surface area contributed by atoms with Crippen molar-refractivity contribution in [3.05, 3.63) is 71.3 Å². The van der Waals surface area contributed by atoms with Crippen LogP contribution in [0.2, 0.25) is 0 Å². The molecule has 1 unspecified atom stereocenters. The molecule has 0 aromatic heterocycles. The van der Waals surface area contributed by atoms with Crippen LogP contribution in [0.1, 0.15) is 35.4 Å². The summed E-state index contributed by atoms with van der Waals surface area (Å²) in [4.78, 5) is 5.41. The summed E-state index contributed by atoms with van der Waals surface area (Å²) in [5.74, 6) is 0.399.